The number of aromatic nitrogens is 2. The Bertz CT molecular complexity index is 446. The van der Waals surface area contributed by atoms with Crippen LogP contribution in [-0.2, 0) is 7.05 Å². The van der Waals surface area contributed by atoms with Crippen LogP contribution in [-0.4, -0.2) is 53.6 Å². The molecule has 0 aliphatic carbocycles. The van der Waals surface area contributed by atoms with E-state index in [0.717, 1.165) is 11.5 Å². The first-order chi connectivity index (χ1) is 8.78. The number of aryl methyl sites for hydroxylation is 2. The number of nitrogen functional groups attached to an aromatic ring is 1. The van der Waals surface area contributed by atoms with Crippen molar-refractivity contribution in [2.75, 3.05) is 43.4 Å². The summed E-state index contributed by atoms with van der Waals surface area (Å²) in [7, 11) is 1.79. The molecule has 0 spiro atoms. The van der Waals surface area contributed by atoms with Gasteiger partial charge >= 0.3 is 6.18 Å². The van der Waals surface area contributed by atoms with Crippen LogP contribution < -0.4 is 10.6 Å². The first kappa shape index (κ1) is 14.0. The lowest BCUT2D eigenvalue weighted by molar-refractivity contribution is -0.146. The van der Waals surface area contributed by atoms with Crippen molar-refractivity contribution in [1.82, 2.24) is 14.7 Å². The topological polar surface area (TPSA) is 50.3 Å². The van der Waals surface area contributed by atoms with Gasteiger partial charge in [0.25, 0.3) is 0 Å². The van der Waals surface area contributed by atoms with Gasteiger partial charge < -0.3 is 10.6 Å². The van der Waals surface area contributed by atoms with Gasteiger partial charge in [-0.15, -0.1) is 0 Å². The molecule has 1 aliphatic rings. The number of rotatable bonds is 2. The Morgan fingerprint density at radius 1 is 1.21 bits per heavy atom. The summed E-state index contributed by atoms with van der Waals surface area (Å²) in [6.45, 7) is 2.78. The molecule has 0 bridgehead atoms. The van der Waals surface area contributed by atoms with Gasteiger partial charge in [0, 0.05) is 33.2 Å². The number of hydrogen-bond donors (Lipinski definition) is 1. The minimum atomic E-state index is -4.13. The minimum absolute atomic E-state index is 0.378. The third kappa shape index (κ3) is 3.12. The van der Waals surface area contributed by atoms with Crippen molar-refractivity contribution < 1.29 is 13.2 Å². The fourth-order valence-corrected chi connectivity index (χ4v) is 2.41. The first-order valence-electron chi connectivity index (χ1n) is 6.11. The summed E-state index contributed by atoms with van der Waals surface area (Å²) in [5, 5.41) is 4.22. The molecule has 0 unspecified atom stereocenters. The summed E-state index contributed by atoms with van der Waals surface area (Å²) in [6.07, 6.45) is -4.13. The maximum absolute atomic E-state index is 12.3. The maximum Gasteiger partial charge on any atom is 0.401 e. The normalized spacial score (nSPS) is 18.1. The molecule has 5 nitrogen and oxygen atoms in total. The van der Waals surface area contributed by atoms with E-state index in [1.165, 1.54) is 4.90 Å². The van der Waals surface area contributed by atoms with Crippen LogP contribution in [0.4, 0.5) is 24.7 Å². The Morgan fingerprint density at radius 2 is 1.79 bits per heavy atom. The molecule has 0 amide bonds. The van der Waals surface area contributed by atoms with Crippen LogP contribution in [0.2, 0.25) is 0 Å². The monoisotopic (exact) mass is 277 g/mol. The molecule has 0 atom stereocenters. The van der Waals surface area contributed by atoms with Gasteiger partial charge in [-0.3, -0.25) is 9.58 Å². The summed E-state index contributed by atoms with van der Waals surface area (Å²) in [5.74, 6) is 0.796. The van der Waals surface area contributed by atoms with E-state index < -0.39 is 12.7 Å². The lowest BCUT2D eigenvalue weighted by atomic mass is 10.3. The Hall–Kier alpha value is -1.44. The molecule has 1 aromatic heterocycles. The maximum atomic E-state index is 12.3. The predicted molar refractivity (Wildman–Crippen MR) is 67.1 cm³/mol. The second kappa shape index (κ2) is 4.92. The molecule has 0 radical (unpaired) electrons. The van der Waals surface area contributed by atoms with E-state index in [4.69, 9.17) is 5.73 Å². The van der Waals surface area contributed by atoms with E-state index in [1.54, 1.807) is 11.7 Å². The average molecular weight is 277 g/mol. The molecule has 0 saturated carbocycles. The molecule has 1 aromatic rings. The summed E-state index contributed by atoms with van der Waals surface area (Å²) < 4.78 is 38.6. The number of halogens is 3. The van der Waals surface area contributed by atoms with Crippen molar-refractivity contribution >= 4 is 11.5 Å². The van der Waals surface area contributed by atoms with Crippen LogP contribution in [0.1, 0.15) is 5.69 Å². The zero-order valence-corrected chi connectivity index (χ0v) is 11.0. The van der Waals surface area contributed by atoms with E-state index in [-0.39, 0.29) is 0 Å². The molecular formula is C11H18F3N5. The molecular weight excluding hydrogens is 259 g/mol. The Balaban J connectivity index is 2.00. The van der Waals surface area contributed by atoms with Gasteiger partial charge in [0.2, 0.25) is 0 Å². The summed E-state index contributed by atoms with van der Waals surface area (Å²) in [6, 6.07) is 0. The van der Waals surface area contributed by atoms with E-state index in [1.807, 2.05) is 11.8 Å². The van der Waals surface area contributed by atoms with Crippen molar-refractivity contribution in [3.63, 3.8) is 0 Å². The lowest BCUT2D eigenvalue weighted by Gasteiger charge is -2.36. The molecule has 1 aliphatic heterocycles. The third-order valence-corrected chi connectivity index (χ3v) is 3.31. The quantitative estimate of drug-likeness (QED) is 0.876. The van der Waals surface area contributed by atoms with Gasteiger partial charge in [0.15, 0.2) is 0 Å². The second-order valence-corrected chi connectivity index (χ2v) is 4.82. The summed E-state index contributed by atoms with van der Waals surface area (Å²) >= 11 is 0. The van der Waals surface area contributed by atoms with E-state index >= 15 is 0 Å². The molecule has 2 rings (SSSR count). The zero-order chi connectivity index (χ0) is 14.2. The van der Waals surface area contributed by atoms with Crippen molar-refractivity contribution in [1.29, 1.82) is 0 Å². The highest BCUT2D eigenvalue weighted by atomic mass is 19.4. The number of nitrogens with zero attached hydrogens (tertiary/aromatic N) is 4. The number of nitrogens with two attached hydrogens (primary N) is 1. The Kier molecular flexibility index (Phi) is 3.62. The van der Waals surface area contributed by atoms with Crippen molar-refractivity contribution in [3.05, 3.63) is 5.69 Å². The summed E-state index contributed by atoms with van der Waals surface area (Å²) in [4.78, 5) is 3.40. The summed E-state index contributed by atoms with van der Waals surface area (Å²) in [5.41, 5.74) is 7.30. The smallest absolute Gasteiger partial charge is 0.394 e. The predicted octanol–water partition coefficient (Wildman–Crippen LogP) is 0.995. The van der Waals surface area contributed by atoms with Crippen LogP contribution in [0.3, 0.4) is 0 Å². The standard InChI is InChI=1S/C11H18F3N5/c1-8-9(15)10(17(2)16-8)19-5-3-18(4-6-19)7-11(12,13)14/h3-7,15H2,1-2H3. The molecule has 1 fully saturated rings. The highest BCUT2D eigenvalue weighted by Crippen LogP contribution is 2.27. The van der Waals surface area contributed by atoms with Crippen LogP contribution in [0.15, 0.2) is 0 Å². The van der Waals surface area contributed by atoms with Crippen molar-refractivity contribution in [2.24, 2.45) is 7.05 Å². The van der Waals surface area contributed by atoms with Crippen molar-refractivity contribution in [3.8, 4) is 0 Å². The first-order valence-corrected chi connectivity index (χ1v) is 6.11. The van der Waals surface area contributed by atoms with E-state index in [0.29, 0.717) is 31.9 Å². The van der Waals surface area contributed by atoms with Crippen LogP contribution in [0.5, 0.6) is 0 Å². The second-order valence-electron chi connectivity index (χ2n) is 4.82. The van der Waals surface area contributed by atoms with Gasteiger partial charge in [-0.2, -0.15) is 18.3 Å². The van der Waals surface area contributed by atoms with Gasteiger partial charge in [-0.05, 0) is 6.92 Å². The molecule has 1 saturated heterocycles. The van der Waals surface area contributed by atoms with Crippen LogP contribution >= 0.6 is 0 Å². The van der Waals surface area contributed by atoms with Gasteiger partial charge in [0.05, 0.1) is 17.9 Å². The molecule has 0 aromatic carbocycles. The number of alkyl halides is 3. The highest BCUT2D eigenvalue weighted by Gasteiger charge is 2.32. The lowest BCUT2D eigenvalue weighted by Crippen LogP contribution is -2.49. The number of hydrogen-bond acceptors (Lipinski definition) is 4. The fraction of sp³-hybridized carbons (Fsp3) is 0.727. The third-order valence-electron chi connectivity index (χ3n) is 3.31. The molecule has 19 heavy (non-hydrogen) atoms. The molecule has 108 valence electrons. The van der Waals surface area contributed by atoms with Crippen LogP contribution in [0.25, 0.3) is 0 Å². The number of piperazine rings is 1. The zero-order valence-electron chi connectivity index (χ0n) is 11.0. The van der Waals surface area contributed by atoms with Crippen molar-refractivity contribution in [2.45, 2.75) is 13.1 Å². The van der Waals surface area contributed by atoms with Gasteiger partial charge in [-0.25, -0.2) is 0 Å². The Labute approximate surface area is 109 Å². The van der Waals surface area contributed by atoms with Crippen LogP contribution in [0, 0.1) is 6.92 Å². The van der Waals surface area contributed by atoms with Gasteiger partial charge in [-0.1, -0.05) is 0 Å². The SMILES string of the molecule is Cc1nn(C)c(N2CCN(CC(F)(F)F)CC2)c1N. The number of anilines is 2. The van der Waals surface area contributed by atoms with E-state index in [2.05, 4.69) is 5.10 Å². The van der Waals surface area contributed by atoms with E-state index in [9.17, 15) is 13.2 Å². The minimum Gasteiger partial charge on any atom is -0.394 e. The largest absolute Gasteiger partial charge is 0.401 e. The molecule has 2 N–H and O–H groups in total. The Morgan fingerprint density at radius 3 is 2.21 bits per heavy atom. The molecule has 2 heterocycles. The van der Waals surface area contributed by atoms with Gasteiger partial charge in [0.1, 0.15) is 5.82 Å². The average Bonchev–Trinajstić information content (AvgIpc) is 2.53. The highest BCUT2D eigenvalue weighted by molar-refractivity contribution is 5.66. The fourth-order valence-electron chi connectivity index (χ4n) is 2.41. The molecule has 8 heteroatoms.